The topological polar surface area (TPSA) is 175 Å². The van der Waals surface area contributed by atoms with E-state index in [-0.39, 0.29) is 0 Å². The van der Waals surface area contributed by atoms with Crippen molar-refractivity contribution in [1.29, 1.82) is 0 Å². The van der Waals surface area contributed by atoms with E-state index in [4.69, 9.17) is 18.8 Å². The van der Waals surface area contributed by atoms with Crippen molar-refractivity contribution in [2.45, 2.75) is 51.4 Å². The largest absolute Gasteiger partial charge is 0.456 e. The molecule has 1 rings (SSSR count). The fourth-order valence-electron chi connectivity index (χ4n) is 2.26. The smallest absolute Gasteiger partial charge is 0.397 e. The highest BCUT2D eigenvalue weighted by Gasteiger charge is 2.50. The summed E-state index contributed by atoms with van der Waals surface area (Å²) in [5, 5.41) is 12.3. The fourth-order valence-corrected chi connectivity index (χ4v) is 2.57. The summed E-state index contributed by atoms with van der Waals surface area (Å²) >= 11 is 0. The molecule has 5 atom stereocenters. The van der Waals surface area contributed by atoms with Gasteiger partial charge in [0.15, 0.2) is 18.5 Å². The first-order chi connectivity index (χ1) is 11.4. The minimum absolute atomic E-state index is 0.598. The zero-order valence-corrected chi connectivity index (χ0v) is 14.4. The molecule has 0 unspecified atom stereocenters. The molecule has 1 saturated heterocycles. The zero-order chi connectivity index (χ0) is 19.4. The Balaban J connectivity index is 3.15. The van der Waals surface area contributed by atoms with Crippen LogP contribution in [0.1, 0.15) is 20.8 Å². The highest BCUT2D eigenvalue weighted by Crippen LogP contribution is 2.26. The monoisotopic (exact) mass is 385 g/mol. The number of hydrogen-bond acceptors (Lipinski definition) is 10. The summed E-state index contributed by atoms with van der Waals surface area (Å²) in [5.74, 6) is -2.25. The predicted octanol–water partition coefficient (Wildman–Crippen LogP) is -2.11. The molecule has 12 nitrogen and oxygen atoms in total. The van der Waals surface area contributed by atoms with Crippen molar-refractivity contribution in [2.75, 3.05) is 6.61 Å². The number of carbonyl (C=O) groups is 3. The molecule has 0 aromatic rings. The summed E-state index contributed by atoms with van der Waals surface area (Å²) in [5.41, 5.74) is 0. The van der Waals surface area contributed by atoms with E-state index in [0.29, 0.717) is 0 Å². The summed E-state index contributed by atoms with van der Waals surface area (Å²) in [6, 6.07) is -1.30. The van der Waals surface area contributed by atoms with Crippen LogP contribution in [0.5, 0.6) is 0 Å². The predicted molar refractivity (Wildman–Crippen MR) is 77.1 cm³/mol. The number of esters is 2. The molecule has 1 fully saturated rings. The highest BCUT2D eigenvalue weighted by molar-refractivity contribution is 7.80. The van der Waals surface area contributed by atoms with Gasteiger partial charge in [-0.2, -0.15) is 8.42 Å². The van der Waals surface area contributed by atoms with Crippen LogP contribution < -0.4 is 5.32 Å². The van der Waals surface area contributed by atoms with Gasteiger partial charge in [0.05, 0.1) is 6.61 Å². The quantitative estimate of drug-likeness (QED) is 0.337. The third kappa shape index (κ3) is 6.91. The van der Waals surface area contributed by atoms with E-state index in [1.54, 1.807) is 0 Å². The van der Waals surface area contributed by atoms with Crippen LogP contribution in [0.15, 0.2) is 0 Å². The van der Waals surface area contributed by atoms with Crippen LogP contribution in [0.3, 0.4) is 0 Å². The Kier molecular flexibility index (Phi) is 7.25. The van der Waals surface area contributed by atoms with Gasteiger partial charge in [0.1, 0.15) is 12.1 Å². The molecular weight excluding hydrogens is 366 g/mol. The lowest BCUT2D eigenvalue weighted by Gasteiger charge is -2.43. The number of hydrogen-bond donors (Lipinski definition) is 3. The molecule has 3 N–H and O–H groups in total. The molecule has 0 aromatic heterocycles. The molecule has 1 aliphatic rings. The number of ether oxygens (including phenoxy) is 3. The van der Waals surface area contributed by atoms with Crippen molar-refractivity contribution >= 4 is 28.2 Å². The van der Waals surface area contributed by atoms with E-state index in [2.05, 4.69) is 9.50 Å². The lowest BCUT2D eigenvalue weighted by atomic mass is 9.96. The molecule has 0 aliphatic carbocycles. The lowest BCUT2D eigenvalue weighted by molar-refractivity contribution is -0.262. The van der Waals surface area contributed by atoms with Gasteiger partial charge in [0, 0.05) is 20.8 Å². The number of aliphatic hydroxyl groups is 1. The van der Waals surface area contributed by atoms with Gasteiger partial charge in [-0.1, -0.05) is 0 Å². The third-order valence-corrected chi connectivity index (χ3v) is 3.45. The van der Waals surface area contributed by atoms with Crippen LogP contribution in [0.25, 0.3) is 0 Å². The third-order valence-electron chi connectivity index (χ3n) is 3.02. The van der Waals surface area contributed by atoms with Crippen molar-refractivity contribution in [3.8, 4) is 0 Å². The van der Waals surface area contributed by atoms with Crippen LogP contribution in [-0.4, -0.2) is 73.2 Å². The molecule has 0 spiro atoms. The zero-order valence-electron chi connectivity index (χ0n) is 13.6. The van der Waals surface area contributed by atoms with Crippen LogP contribution in [0.2, 0.25) is 0 Å². The fraction of sp³-hybridized carbons (Fsp3) is 0.750. The molecule has 0 aromatic carbocycles. The first-order valence-electron chi connectivity index (χ1n) is 6.97. The van der Waals surface area contributed by atoms with E-state index in [9.17, 15) is 27.9 Å². The second-order valence-corrected chi connectivity index (χ2v) is 6.24. The summed E-state index contributed by atoms with van der Waals surface area (Å²) in [4.78, 5) is 34.0. The Morgan fingerprint density at radius 3 is 2.04 bits per heavy atom. The van der Waals surface area contributed by atoms with Gasteiger partial charge in [0.2, 0.25) is 5.91 Å². The molecule has 1 amide bonds. The lowest BCUT2D eigenvalue weighted by Crippen LogP contribution is -2.66. The summed E-state index contributed by atoms with van der Waals surface area (Å²) < 4.78 is 49.3. The van der Waals surface area contributed by atoms with Gasteiger partial charge in [-0.25, -0.2) is 4.18 Å². The summed E-state index contributed by atoms with van der Waals surface area (Å²) in [6.07, 6.45) is -5.99. The Labute approximate surface area is 143 Å². The molecule has 1 heterocycles. The molecule has 144 valence electrons. The second-order valence-electron chi connectivity index (χ2n) is 5.15. The molecule has 25 heavy (non-hydrogen) atoms. The van der Waals surface area contributed by atoms with Crippen molar-refractivity contribution < 1.29 is 50.9 Å². The SMILES string of the molecule is CC(=O)N[C@@H]1[C@@H](OC(C)=O)[C@H](OC(C)=O)[C@@H](COS(=O)(=O)O)O[C@@H]1O. The Hall–Kier alpha value is -1.80. The van der Waals surface area contributed by atoms with Crippen LogP contribution in [-0.2, 0) is 43.2 Å². The Morgan fingerprint density at radius 2 is 1.60 bits per heavy atom. The van der Waals surface area contributed by atoms with Crippen LogP contribution >= 0.6 is 0 Å². The molecule has 0 radical (unpaired) electrons. The standard InChI is InChI=1S/C12H19NO11S/c1-5(14)13-9-11(23-7(3)16)10(22-6(2)15)8(24-12(9)17)4-21-25(18,19)20/h8-12,17H,4H2,1-3H3,(H,13,14)(H,18,19,20)/t8-,9-,10-,11-,12+/m1/s1. The van der Waals surface area contributed by atoms with E-state index in [1.165, 1.54) is 0 Å². The van der Waals surface area contributed by atoms with E-state index in [1.807, 2.05) is 0 Å². The number of nitrogens with one attached hydrogen (secondary N) is 1. The van der Waals surface area contributed by atoms with E-state index < -0.39 is 65.5 Å². The Morgan fingerprint density at radius 1 is 1.08 bits per heavy atom. The maximum atomic E-state index is 11.3. The maximum absolute atomic E-state index is 11.3. The Bertz CT molecular complexity index is 619. The van der Waals surface area contributed by atoms with Crippen LogP contribution in [0, 0.1) is 0 Å². The second kappa shape index (κ2) is 8.53. The van der Waals surface area contributed by atoms with Crippen LogP contribution in [0.4, 0.5) is 0 Å². The molecule has 0 saturated carbocycles. The normalized spacial score (nSPS) is 29.6. The van der Waals surface area contributed by atoms with Gasteiger partial charge < -0.3 is 24.6 Å². The van der Waals surface area contributed by atoms with E-state index in [0.717, 1.165) is 20.8 Å². The van der Waals surface area contributed by atoms with Crippen molar-refractivity contribution in [2.24, 2.45) is 0 Å². The van der Waals surface area contributed by atoms with Crippen molar-refractivity contribution in [3.05, 3.63) is 0 Å². The molecule has 1 aliphatic heterocycles. The summed E-state index contributed by atoms with van der Waals surface area (Å²) in [6.45, 7) is 2.36. The van der Waals surface area contributed by atoms with E-state index >= 15 is 0 Å². The average Bonchev–Trinajstić information content (AvgIpc) is 2.41. The number of rotatable bonds is 6. The number of amides is 1. The van der Waals surface area contributed by atoms with Gasteiger partial charge in [-0.3, -0.25) is 18.9 Å². The van der Waals surface area contributed by atoms with Gasteiger partial charge in [-0.15, -0.1) is 0 Å². The highest BCUT2D eigenvalue weighted by atomic mass is 32.3. The van der Waals surface area contributed by atoms with Gasteiger partial charge in [-0.05, 0) is 0 Å². The van der Waals surface area contributed by atoms with Gasteiger partial charge in [0.25, 0.3) is 0 Å². The summed E-state index contributed by atoms with van der Waals surface area (Å²) in [7, 11) is -4.85. The first-order valence-corrected chi connectivity index (χ1v) is 8.34. The molecular formula is C12H19NO11S. The first kappa shape index (κ1) is 21.2. The van der Waals surface area contributed by atoms with Crippen molar-refractivity contribution in [1.82, 2.24) is 5.32 Å². The number of carbonyl (C=O) groups excluding carboxylic acids is 3. The van der Waals surface area contributed by atoms with Crippen molar-refractivity contribution in [3.63, 3.8) is 0 Å². The molecule has 0 bridgehead atoms. The average molecular weight is 385 g/mol. The minimum atomic E-state index is -4.85. The maximum Gasteiger partial charge on any atom is 0.397 e. The van der Waals surface area contributed by atoms with Gasteiger partial charge >= 0.3 is 22.3 Å². The number of aliphatic hydroxyl groups excluding tert-OH is 1. The minimum Gasteiger partial charge on any atom is -0.456 e. The molecule has 13 heteroatoms.